The molecular formula is C21H20Cl2N4O2. The Morgan fingerprint density at radius 3 is 2.66 bits per heavy atom. The summed E-state index contributed by atoms with van der Waals surface area (Å²) in [4.78, 5) is 19.3. The van der Waals surface area contributed by atoms with Gasteiger partial charge in [0.2, 0.25) is 17.6 Å². The van der Waals surface area contributed by atoms with Gasteiger partial charge in [0.25, 0.3) is 0 Å². The van der Waals surface area contributed by atoms with E-state index in [-0.39, 0.29) is 11.8 Å². The molecule has 1 fully saturated rings. The van der Waals surface area contributed by atoms with Crippen molar-refractivity contribution in [2.45, 2.75) is 19.4 Å². The topological polar surface area (TPSA) is 71.3 Å². The molecular weight excluding hydrogens is 411 g/mol. The highest BCUT2D eigenvalue weighted by Crippen LogP contribution is 2.27. The predicted molar refractivity (Wildman–Crippen MR) is 113 cm³/mol. The summed E-state index contributed by atoms with van der Waals surface area (Å²) in [6.07, 6.45) is 1.51. The van der Waals surface area contributed by atoms with Gasteiger partial charge in [-0.05, 0) is 44.1 Å². The zero-order valence-electron chi connectivity index (χ0n) is 15.6. The molecule has 0 unspecified atom stereocenters. The summed E-state index contributed by atoms with van der Waals surface area (Å²) in [5.41, 5.74) is 1.48. The molecule has 0 aliphatic carbocycles. The third-order valence-corrected chi connectivity index (χ3v) is 5.57. The van der Waals surface area contributed by atoms with Crippen molar-refractivity contribution >= 4 is 34.8 Å². The molecule has 0 saturated carbocycles. The molecule has 3 aromatic rings. The van der Waals surface area contributed by atoms with Crippen LogP contribution in [0, 0.1) is 5.92 Å². The molecule has 0 bridgehead atoms. The van der Waals surface area contributed by atoms with Gasteiger partial charge in [-0.1, -0.05) is 58.7 Å². The van der Waals surface area contributed by atoms with Crippen LogP contribution < -0.4 is 5.32 Å². The summed E-state index contributed by atoms with van der Waals surface area (Å²) < 4.78 is 5.39. The Bertz CT molecular complexity index is 985. The van der Waals surface area contributed by atoms with Crippen LogP contribution in [0.1, 0.15) is 18.7 Å². The fourth-order valence-electron chi connectivity index (χ4n) is 3.40. The number of rotatable bonds is 5. The Hall–Kier alpha value is -2.41. The molecule has 1 aromatic heterocycles. The van der Waals surface area contributed by atoms with Gasteiger partial charge in [0.15, 0.2) is 0 Å². The second-order valence-corrected chi connectivity index (χ2v) is 7.89. The van der Waals surface area contributed by atoms with E-state index in [1.165, 1.54) is 0 Å². The van der Waals surface area contributed by atoms with Crippen LogP contribution in [0.4, 0.5) is 5.69 Å². The number of hydrogen-bond acceptors (Lipinski definition) is 5. The zero-order chi connectivity index (χ0) is 20.2. The minimum Gasteiger partial charge on any atom is -0.338 e. The average Bonchev–Trinajstić information content (AvgIpc) is 3.20. The van der Waals surface area contributed by atoms with Crippen molar-refractivity contribution in [3.63, 3.8) is 0 Å². The van der Waals surface area contributed by atoms with E-state index in [0.717, 1.165) is 31.5 Å². The molecule has 8 heteroatoms. The summed E-state index contributed by atoms with van der Waals surface area (Å²) in [5, 5.41) is 7.96. The molecule has 1 amide bonds. The lowest BCUT2D eigenvalue weighted by Crippen LogP contribution is -2.37. The van der Waals surface area contributed by atoms with Crippen LogP contribution >= 0.6 is 23.2 Å². The van der Waals surface area contributed by atoms with E-state index >= 15 is 0 Å². The molecule has 6 nitrogen and oxygen atoms in total. The van der Waals surface area contributed by atoms with Gasteiger partial charge in [0, 0.05) is 16.5 Å². The summed E-state index contributed by atoms with van der Waals surface area (Å²) in [6, 6.07) is 14.8. The van der Waals surface area contributed by atoms with Crippen molar-refractivity contribution < 1.29 is 9.32 Å². The molecule has 2 heterocycles. The average molecular weight is 431 g/mol. The fraction of sp³-hybridized carbons (Fsp3) is 0.286. The van der Waals surface area contributed by atoms with Gasteiger partial charge in [-0.25, -0.2) is 0 Å². The van der Waals surface area contributed by atoms with Gasteiger partial charge < -0.3 is 9.84 Å². The predicted octanol–water partition coefficient (Wildman–Crippen LogP) is 4.89. The van der Waals surface area contributed by atoms with Crippen LogP contribution in [0.2, 0.25) is 10.0 Å². The van der Waals surface area contributed by atoms with E-state index in [2.05, 4.69) is 20.4 Å². The minimum atomic E-state index is -0.0659. The monoisotopic (exact) mass is 430 g/mol. The standard InChI is InChI=1S/C21H20Cl2N4O2/c22-16-6-7-17(23)18(12-16)24-21(28)15-8-10-27(11-9-15)13-19-25-20(26-29-19)14-4-2-1-3-5-14/h1-7,12,15H,8-11,13H2,(H,24,28). The van der Waals surface area contributed by atoms with Crippen molar-refractivity contribution in [3.05, 3.63) is 64.5 Å². The lowest BCUT2D eigenvalue weighted by Gasteiger charge is -2.30. The van der Waals surface area contributed by atoms with Crippen LogP contribution in [0.15, 0.2) is 53.1 Å². The van der Waals surface area contributed by atoms with Gasteiger partial charge in [-0.15, -0.1) is 0 Å². The largest absolute Gasteiger partial charge is 0.338 e. The van der Waals surface area contributed by atoms with E-state index in [1.807, 2.05) is 30.3 Å². The molecule has 0 spiro atoms. The number of benzene rings is 2. The SMILES string of the molecule is O=C(Nc1cc(Cl)ccc1Cl)C1CCN(Cc2nc(-c3ccccc3)no2)CC1. The maximum Gasteiger partial charge on any atom is 0.241 e. The van der Waals surface area contributed by atoms with Gasteiger partial charge >= 0.3 is 0 Å². The minimum absolute atomic E-state index is 0.0297. The van der Waals surface area contributed by atoms with Gasteiger partial charge in [0.1, 0.15) is 0 Å². The number of anilines is 1. The van der Waals surface area contributed by atoms with Crippen LogP contribution in [0.5, 0.6) is 0 Å². The Morgan fingerprint density at radius 1 is 1.14 bits per heavy atom. The van der Waals surface area contributed by atoms with E-state index in [0.29, 0.717) is 34.0 Å². The molecule has 150 valence electrons. The number of nitrogens with one attached hydrogen (secondary N) is 1. The zero-order valence-corrected chi connectivity index (χ0v) is 17.2. The molecule has 1 aliphatic heterocycles. The first-order valence-corrected chi connectivity index (χ1v) is 10.2. The van der Waals surface area contributed by atoms with E-state index in [1.54, 1.807) is 18.2 Å². The summed E-state index contributed by atoms with van der Waals surface area (Å²) >= 11 is 12.1. The first kappa shape index (κ1) is 19.9. The molecule has 29 heavy (non-hydrogen) atoms. The Labute approximate surface area is 178 Å². The highest BCUT2D eigenvalue weighted by molar-refractivity contribution is 6.35. The molecule has 2 aromatic carbocycles. The number of hydrogen-bond donors (Lipinski definition) is 1. The third kappa shape index (κ3) is 4.96. The van der Waals surface area contributed by atoms with Crippen molar-refractivity contribution in [3.8, 4) is 11.4 Å². The first-order valence-electron chi connectivity index (χ1n) is 9.45. The Balaban J connectivity index is 1.30. The second-order valence-electron chi connectivity index (χ2n) is 7.04. The van der Waals surface area contributed by atoms with E-state index in [9.17, 15) is 4.79 Å². The third-order valence-electron chi connectivity index (χ3n) is 5.00. The summed E-state index contributed by atoms with van der Waals surface area (Å²) in [5.74, 6) is 1.08. The first-order chi connectivity index (χ1) is 14.1. The number of amides is 1. The van der Waals surface area contributed by atoms with E-state index < -0.39 is 0 Å². The Kier molecular flexibility index (Phi) is 6.13. The normalized spacial score (nSPS) is 15.4. The number of carbonyl (C=O) groups is 1. The molecule has 0 atom stereocenters. The van der Waals surface area contributed by atoms with Gasteiger partial charge in [-0.3, -0.25) is 9.69 Å². The molecule has 1 N–H and O–H groups in total. The number of piperidine rings is 1. The van der Waals surface area contributed by atoms with Gasteiger partial charge in [-0.2, -0.15) is 4.98 Å². The summed E-state index contributed by atoms with van der Waals surface area (Å²) in [7, 11) is 0. The maximum absolute atomic E-state index is 12.6. The smallest absolute Gasteiger partial charge is 0.241 e. The molecule has 1 saturated heterocycles. The highest BCUT2D eigenvalue weighted by Gasteiger charge is 2.26. The number of carbonyl (C=O) groups excluding carboxylic acids is 1. The maximum atomic E-state index is 12.6. The molecule has 0 radical (unpaired) electrons. The number of nitrogens with zero attached hydrogens (tertiary/aromatic N) is 3. The fourth-order valence-corrected chi connectivity index (χ4v) is 3.73. The lowest BCUT2D eigenvalue weighted by atomic mass is 9.96. The van der Waals surface area contributed by atoms with Crippen LogP contribution in [0.3, 0.4) is 0 Å². The van der Waals surface area contributed by atoms with Crippen molar-refractivity contribution in [1.29, 1.82) is 0 Å². The number of likely N-dealkylation sites (tertiary alicyclic amines) is 1. The lowest BCUT2D eigenvalue weighted by molar-refractivity contribution is -0.121. The quantitative estimate of drug-likeness (QED) is 0.623. The van der Waals surface area contributed by atoms with Gasteiger partial charge in [0.05, 0.1) is 17.3 Å². The molecule has 1 aliphatic rings. The van der Waals surface area contributed by atoms with Crippen molar-refractivity contribution in [1.82, 2.24) is 15.0 Å². The summed E-state index contributed by atoms with van der Waals surface area (Å²) in [6.45, 7) is 2.14. The highest BCUT2D eigenvalue weighted by atomic mass is 35.5. The second kappa shape index (κ2) is 8.95. The van der Waals surface area contributed by atoms with E-state index in [4.69, 9.17) is 27.7 Å². The number of halogens is 2. The Morgan fingerprint density at radius 2 is 1.90 bits per heavy atom. The van der Waals surface area contributed by atoms with Crippen molar-refractivity contribution in [2.24, 2.45) is 5.92 Å². The van der Waals surface area contributed by atoms with Crippen LogP contribution in [-0.4, -0.2) is 34.0 Å². The van der Waals surface area contributed by atoms with Crippen molar-refractivity contribution in [2.75, 3.05) is 18.4 Å². The number of aromatic nitrogens is 2. The molecule has 4 rings (SSSR count). The van der Waals surface area contributed by atoms with Crippen LogP contribution in [-0.2, 0) is 11.3 Å². The van der Waals surface area contributed by atoms with Crippen LogP contribution in [0.25, 0.3) is 11.4 Å².